The molecule has 490 valence electrons. The van der Waals surface area contributed by atoms with Crippen LogP contribution in [0.3, 0.4) is 0 Å². The SMILES string of the molecule is CC1(C)c2ccccc2-c2ccc3c(c21)c1ccccc1n3-c1cccc(-c2ccccc2-c2ccccc2-c2cccc(-n3c4ccccc4c4c5c(ccc43)-c3ccccc3C5(C)C)c2-c2nc(-c3ccccc3)nc(-c3ccccc3)n2)c1-c1nc(-c2ccccc2)nc(-c2ccccc2)n1. The summed E-state index contributed by atoms with van der Waals surface area (Å²) in [5.74, 6) is 3.39. The van der Waals surface area contributed by atoms with E-state index >= 15 is 0 Å². The fourth-order valence-corrected chi connectivity index (χ4v) is 17.3. The molecule has 0 radical (unpaired) electrons. The smallest absolute Gasteiger partial charge is 0.166 e. The zero-order valence-electron chi connectivity index (χ0n) is 57.8. The summed E-state index contributed by atoms with van der Waals surface area (Å²) < 4.78 is 4.94. The van der Waals surface area contributed by atoms with E-state index in [0.717, 1.165) is 100 Å². The van der Waals surface area contributed by atoms with E-state index in [1.54, 1.807) is 0 Å². The van der Waals surface area contributed by atoms with Gasteiger partial charge in [-0.2, -0.15) is 0 Å². The fraction of sp³-hybridized carbons (Fsp3) is 0.0625. The lowest BCUT2D eigenvalue weighted by atomic mass is 9.80. The quantitative estimate of drug-likeness (QED) is 0.128. The van der Waals surface area contributed by atoms with Crippen molar-refractivity contribution in [1.29, 1.82) is 0 Å². The molecule has 18 aromatic rings. The second-order valence-electron chi connectivity index (χ2n) is 28.4. The Balaban J connectivity index is 0.868. The van der Waals surface area contributed by atoms with Crippen molar-refractivity contribution in [2.75, 3.05) is 0 Å². The maximum atomic E-state index is 5.65. The van der Waals surface area contributed by atoms with Crippen molar-refractivity contribution in [1.82, 2.24) is 39.0 Å². The molecule has 0 N–H and O–H groups in total. The summed E-state index contributed by atoms with van der Waals surface area (Å²) in [6.45, 7) is 9.53. The molecule has 0 fully saturated rings. The molecular weight excluding hydrogens is 1270 g/mol. The van der Waals surface area contributed by atoms with E-state index in [-0.39, 0.29) is 10.8 Å². The van der Waals surface area contributed by atoms with Gasteiger partial charge in [0.25, 0.3) is 0 Å². The van der Waals surface area contributed by atoms with Crippen LogP contribution in [0.25, 0.3) is 179 Å². The van der Waals surface area contributed by atoms with Crippen LogP contribution < -0.4 is 0 Å². The topological polar surface area (TPSA) is 87.2 Å². The van der Waals surface area contributed by atoms with E-state index in [0.29, 0.717) is 34.9 Å². The van der Waals surface area contributed by atoms with Crippen LogP contribution >= 0.6 is 0 Å². The van der Waals surface area contributed by atoms with E-state index in [2.05, 4.69) is 292 Å². The number of hydrogen-bond acceptors (Lipinski definition) is 6. The zero-order valence-corrected chi connectivity index (χ0v) is 57.8. The summed E-state index contributed by atoms with van der Waals surface area (Å²) in [7, 11) is 0. The summed E-state index contributed by atoms with van der Waals surface area (Å²) in [4.78, 5) is 33.2. The van der Waals surface area contributed by atoms with Crippen LogP contribution in [0.4, 0.5) is 0 Å². The Hall–Kier alpha value is -13.3. The van der Waals surface area contributed by atoms with E-state index < -0.39 is 0 Å². The molecule has 2 aliphatic rings. The third-order valence-corrected chi connectivity index (χ3v) is 21.8. The molecule has 8 heteroatoms. The Morgan fingerprint density at radius 3 is 0.846 bits per heavy atom. The lowest BCUT2D eigenvalue weighted by Gasteiger charge is -2.23. The fourth-order valence-electron chi connectivity index (χ4n) is 17.3. The molecule has 0 amide bonds. The molecular formula is C96H66N8. The van der Waals surface area contributed by atoms with Gasteiger partial charge in [0.2, 0.25) is 0 Å². The van der Waals surface area contributed by atoms with Gasteiger partial charge in [-0.3, -0.25) is 0 Å². The van der Waals surface area contributed by atoms with Crippen LogP contribution in [0, 0.1) is 0 Å². The highest BCUT2D eigenvalue weighted by atomic mass is 15.1. The maximum Gasteiger partial charge on any atom is 0.166 e. The number of para-hydroxylation sites is 2. The van der Waals surface area contributed by atoms with Gasteiger partial charge in [-0.25, -0.2) is 29.9 Å². The molecule has 0 unspecified atom stereocenters. The number of rotatable bonds is 11. The molecule has 0 atom stereocenters. The molecule has 2 aliphatic carbocycles. The molecule has 4 aromatic heterocycles. The third-order valence-electron chi connectivity index (χ3n) is 21.8. The van der Waals surface area contributed by atoms with Crippen molar-refractivity contribution >= 4 is 43.6 Å². The van der Waals surface area contributed by atoms with Gasteiger partial charge in [0.1, 0.15) is 0 Å². The highest BCUT2D eigenvalue weighted by Gasteiger charge is 2.40. The number of hydrogen-bond donors (Lipinski definition) is 0. The van der Waals surface area contributed by atoms with Crippen molar-refractivity contribution in [3.63, 3.8) is 0 Å². The van der Waals surface area contributed by atoms with Crippen LogP contribution in [0.2, 0.25) is 0 Å². The average Bonchev–Trinajstić information content (AvgIpc) is 1.54. The Bertz CT molecular complexity index is 6010. The number of fused-ring (bicyclic) bond motifs is 14. The molecule has 20 rings (SSSR count). The average molecular weight is 1330 g/mol. The van der Waals surface area contributed by atoms with Gasteiger partial charge >= 0.3 is 0 Å². The summed E-state index contributed by atoms with van der Waals surface area (Å²) in [6, 6.07) is 117. The van der Waals surface area contributed by atoms with Crippen molar-refractivity contribution in [2.45, 2.75) is 38.5 Å². The largest absolute Gasteiger partial charge is 0.308 e. The predicted molar refractivity (Wildman–Crippen MR) is 426 cm³/mol. The molecule has 14 aromatic carbocycles. The Labute approximate surface area is 602 Å². The van der Waals surface area contributed by atoms with Gasteiger partial charge in [0.15, 0.2) is 34.9 Å². The molecule has 104 heavy (non-hydrogen) atoms. The first-order chi connectivity index (χ1) is 51.2. The summed E-state index contributed by atoms with van der Waals surface area (Å²) >= 11 is 0. The second-order valence-corrected chi connectivity index (χ2v) is 28.4. The van der Waals surface area contributed by atoms with Gasteiger partial charge in [-0.15, -0.1) is 0 Å². The van der Waals surface area contributed by atoms with E-state index in [1.807, 2.05) is 72.8 Å². The van der Waals surface area contributed by atoms with Crippen LogP contribution in [-0.4, -0.2) is 39.0 Å². The number of nitrogens with zero attached hydrogens (tertiary/aromatic N) is 8. The number of benzene rings is 14. The van der Waals surface area contributed by atoms with E-state index in [9.17, 15) is 0 Å². The predicted octanol–water partition coefficient (Wildman–Crippen LogP) is 23.9. The van der Waals surface area contributed by atoms with Crippen LogP contribution in [0.1, 0.15) is 49.9 Å². The minimum atomic E-state index is -0.286. The van der Waals surface area contributed by atoms with Crippen LogP contribution in [0.15, 0.2) is 328 Å². The van der Waals surface area contributed by atoms with E-state index in [1.165, 1.54) is 66.1 Å². The summed E-state index contributed by atoms with van der Waals surface area (Å²) in [5.41, 5.74) is 27.3. The molecule has 0 saturated carbocycles. The van der Waals surface area contributed by atoms with Crippen molar-refractivity contribution < 1.29 is 0 Å². The van der Waals surface area contributed by atoms with Gasteiger partial charge in [-0.1, -0.05) is 319 Å². The van der Waals surface area contributed by atoms with Crippen LogP contribution in [0.5, 0.6) is 0 Å². The highest BCUT2D eigenvalue weighted by molar-refractivity contribution is 6.17. The van der Waals surface area contributed by atoms with Crippen molar-refractivity contribution in [2.24, 2.45) is 0 Å². The minimum absolute atomic E-state index is 0.286. The maximum absolute atomic E-state index is 5.65. The molecule has 4 heterocycles. The molecule has 0 aliphatic heterocycles. The number of aromatic nitrogens is 8. The molecule has 0 saturated heterocycles. The zero-order chi connectivity index (χ0) is 69.4. The normalized spacial score (nSPS) is 13.2. The molecule has 0 bridgehead atoms. The third kappa shape index (κ3) is 9.31. The Morgan fingerprint density at radius 1 is 0.212 bits per heavy atom. The minimum Gasteiger partial charge on any atom is -0.308 e. The van der Waals surface area contributed by atoms with Gasteiger partial charge in [0.05, 0.1) is 44.6 Å². The highest BCUT2D eigenvalue weighted by Crippen LogP contribution is 2.57. The van der Waals surface area contributed by atoms with Crippen molar-refractivity contribution in [3.8, 4) is 135 Å². The first-order valence-corrected chi connectivity index (χ1v) is 35.7. The van der Waals surface area contributed by atoms with Gasteiger partial charge < -0.3 is 9.13 Å². The Kier molecular flexibility index (Phi) is 13.8. The van der Waals surface area contributed by atoms with Gasteiger partial charge in [-0.05, 0) is 114 Å². The lowest BCUT2D eigenvalue weighted by Crippen LogP contribution is -2.15. The summed E-state index contributed by atoms with van der Waals surface area (Å²) in [6.07, 6.45) is 0. The first kappa shape index (κ1) is 60.6. The lowest BCUT2D eigenvalue weighted by molar-refractivity contribution is 0.666. The monoisotopic (exact) mass is 1330 g/mol. The van der Waals surface area contributed by atoms with E-state index in [4.69, 9.17) is 29.9 Å². The summed E-state index contributed by atoms with van der Waals surface area (Å²) in [5, 5.41) is 4.83. The van der Waals surface area contributed by atoms with Crippen molar-refractivity contribution in [3.05, 3.63) is 350 Å². The van der Waals surface area contributed by atoms with Gasteiger partial charge in [0, 0.05) is 54.6 Å². The standard InChI is InChI=1S/C96H66N8/c1-95(2)75-49-25-21-43-67(75)71-55-57-81-83(87(71)95)73-45-23-27-51-77(73)103(81)79-53-29-47-69(85(79)93-99-89(59-31-9-5-10-32-59)97-90(100-93)60-33-11-6-12-34-60)65-41-19-17-39-63(65)64-40-18-20-42-66(64)70-48-30-54-80(86(70)94-101-91(61-35-13-7-14-36-61)98-92(102-94)62-37-15-8-16-38-62)104-78-52-28-24-46-74(78)84-82(104)58-56-72-68-44-22-26-50-76(68)96(3,4)88(72)84/h5-58H,1-4H3. The Morgan fingerprint density at radius 2 is 0.490 bits per heavy atom. The first-order valence-electron chi connectivity index (χ1n) is 35.7. The van der Waals surface area contributed by atoms with Crippen LogP contribution in [-0.2, 0) is 10.8 Å². The molecule has 8 nitrogen and oxygen atoms in total. The second kappa shape index (κ2) is 23.7. The molecule has 0 spiro atoms.